The highest BCUT2D eigenvalue weighted by Gasteiger charge is 2.34. The Morgan fingerprint density at radius 3 is 1.55 bits per heavy atom. The van der Waals surface area contributed by atoms with E-state index in [1.165, 1.54) is 24.0 Å². The summed E-state index contributed by atoms with van der Waals surface area (Å²) in [7, 11) is 1.64. The summed E-state index contributed by atoms with van der Waals surface area (Å²) in [6.07, 6.45) is 5.30. The minimum absolute atomic E-state index is 0. The number of pyridine rings is 1. The SMILES string of the molecule is C.C.CC(C)N1Cc2c(Cl)cccc2C1=O.CC(C)N1Cc2ncccc2C1=O.CCCCc1ccc2c(c1)CN(C(C)C)C2=O.COc1cccc2c1CN(C(C)C)C2=O.Cc1ccc2c(c1)C(=O)N(C(C)C)C2. The number of unbranched alkanes of at least 4 members (excludes halogenated alkanes) is 1. The predicted molar refractivity (Wildman–Crippen MR) is 303 cm³/mol. The van der Waals surface area contributed by atoms with Crippen molar-refractivity contribution in [3.8, 4) is 5.75 Å². The molecule has 0 saturated carbocycles. The third kappa shape index (κ3) is 13.9. The van der Waals surface area contributed by atoms with Crippen LogP contribution in [0.1, 0.15) is 195 Å². The van der Waals surface area contributed by atoms with Crippen LogP contribution in [-0.4, -0.2) is 96.3 Å². The van der Waals surface area contributed by atoms with Crippen molar-refractivity contribution < 1.29 is 28.7 Å². The van der Waals surface area contributed by atoms with Crippen molar-refractivity contribution in [1.82, 2.24) is 29.5 Å². The van der Waals surface area contributed by atoms with Crippen LogP contribution in [-0.2, 0) is 39.1 Å². The summed E-state index contributed by atoms with van der Waals surface area (Å²) >= 11 is 6.03. The molecule has 0 unspecified atom stereocenters. The molecule has 4 aromatic carbocycles. The van der Waals surface area contributed by atoms with Crippen LogP contribution in [0.15, 0.2) is 91.1 Å². The predicted octanol–water partition coefficient (Wildman–Crippen LogP) is 13.2. The molecule has 0 saturated heterocycles. The summed E-state index contributed by atoms with van der Waals surface area (Å²) in [6, 6.07) is 28.5. The average Bonchev–Trinajstić information content (AvgIpc) is 4.17. The van der Waals surface area contributed by atoms with Crippen LogP contribution in [0.5, 0.6) is 5.75 Å². The molecule has 0 spiro atoms. The number of amides is 5. The summed E-state index contributed by atoms with van der Waals surface area (Å²) in [6.45, 7) is 28.1. The second-order valence-electron chi connectivity index (χ2n) is 20.6. The van der Waals surface area contributed by atoms with Crippen LogP contribution >= 0.6 is 11.6 Å². The highest BCUT2D eigenvalue weighted by molar-refractivity contribution is 6.32. The Balaban J connectivity index is 0.000000202. The Morgan fingerprint density at radius 1 is 0.520 bits per heavy atom. The van der Waals surface area contributed by atoms with Crippen molar-refractivity contribution in [2.45, 2.75) is 180 Å². The summed E-state index contributed by atoms with van der Waals surface area (Å²) < 4.78 is 5.25. The van der Waals surface area contributed by atoms with E-state index in [9.17, 15) is 24.0 Å². The maximum Gasteiger partial charge on any atom is 0.256 e. The lowest BCUT2D eigenvalue weighted by molar-refractivity contribution is 0.0722. The van der Waals surface area contributed by atoms with Crippen molar-refractivity contribution in [1.29, 1.82) is 0 Å². The zero-order valence-corrected chi connectivity index (χ0v) is 46.0. The van der Waals surface area contributed by atoms with Crippen molar-refractivity contribution in [2.75, 3.05) is 7.11 Å². The number of aryl methyl sites for hydroxylation is 2. The van der Waals surface area contributed by atoms with Gasteiger partial charge < -0.3 is 29.2 Å². The van der Waals surface area contributed by atoms with Crippen LogP contribution < -0.4 is 4.74 Å². The summed E-state index contributed by atoms with van der Waals surface area (Å²) in [5.41, 5.74) is 11.9. The van der Waals surface area contributed by atoms with Crippen molar-refractivity contribution >= 4 is 41.1 Å². The fourth-order valence-corrected chi connectivity index (χ4v) is 9.67. The number of carbonyl (C=O) groups is 5. The molecular weight excluding hydrogens is 960 g/mol. The van der Waals surface area contributed by atoms with Gasteiger partial charge in [-0.1, -0.05) is 81.8 Å². The van der Waals surface area contributed by atoms with Gasteiger partial charge in [-0.2, -0.15) is 0 Å². The number of methoxy groups -OCH3 is 1. The first-order chi connectivity index (χ1) is 34.7. The third-order valence-corrected chi connectivity index (χ3v) is 14.2. The molecule has 12 nitrogen and oxygen atoms in total. The van der Waals surface area contributed by atoms with Crippen LogP contribution in [0.3, 0.4) is 0 Å². The Kier molecular flexibility index (Phi) is 21.8. The number of hydrogen-bond donors (Lipinski definition) is 0. The van der Waals surface area contributed by atoms with Crippen molar-refractivity contribution in [2.24, 2.45) is 0 Å². The van der Waals surface area contributed by atoms with E-state index in [4.69, 9.17) is 16.3 Å². The second kappa shape index (κ2) is 26.8. The van der Waals surface area contributed by atoms with E-state index in [2.05, 4.69) is 63.9 Å². The molecule has 75 heavy (non-hydrogen) atoms. The molecular formula is C62H83ClN6O6. The first-order valence-electron chi connectivity index (χ1n) is 25.8. The fraction of sp³-hybridized carbons (Fsp3) is 0.452. The lowest BCUT2D eigenvalue weighted by Crippen LogP contribution is -2.30. The molecule has 5 aliphatic heterocycles. The number of halogens is 1. The van der Waals surface area contributed by atoms with E-state index in [0.717, 1.165) is 81.0 Å². The zero-order valence-electron chi connectivity index (χ0n) is 45.2. The molecule has 10 rings (SSSR count). The van der Waals surface area contributed by atoms with Crippen LogP contribution in [0.2, 0.25) is 5.02 Å². The molecule has 5 aromatic rings. The van der Waals surface area contributed by atoms with Gasteiger partial charge >= 0.3 is 0 Å². The number of carbonyl (C=O) groups excluding carboxylic acids is 5. The van der Waals surface area contributed by atoms with Gasteiger partial charge in [0.25, 0.3) is 29.5 Å². The highest BCUT2D eigenvalue weighted by Crippen LogP contribution is 2.33. The van der Waals surface area contributed by atoms with E-state index in [1.807, 2.05) is 128 Å². The molecule has 0 N–H and O–H groups in total. The number of fused-ring (bicyclic) bond motifs is 5. The van der Waals surface area contributed by atoms with E-state index >= 15 is 0 Å². The quantitative estimate of drug-likeness (QED) is 0.144. The molecule has 6 heterocycles. The van der Waals surface area contributed by atoms with E-state index in [0.29, 0.717) is 24.7 Å². The molecule has 13 heteroatoms. The number of aromatic nitrogens is 1. The normalized spacial score (nSPS) is 14.5. The molecule has 5 amide bonds. The minimum Gasteiger partial charge on any atom is -0.496 e. The van der Waals surface area contributed by atoms with Crippen LogP contribution in [0.4, 0.5) is 0 Å². The second-order valence-corrected chi connectivity index (χ2v) is 21.0. The number of hydrogen-bond acceptors (Lipinski definition) is 7. The monoisotopic (exact) mass is 1040 g/mol. The van der Waals surface area contributed by atoms with Crippen molar-refractivity contribution in [3.05, 3.63) is 163 Å². The smallest absolute Gasteiger partial charge is 0.256 e. The van der Waals surface area contributed by atoms with E-state index in [-0.39, 0.29) is 74.6 Å². The Morgan fingerprint density at radius 2 is 1.00 bits per heavy atom. The maximum atomic E-state index is 12.1. The Hall–Kier alpha value is -6.53. The largest absolute Gasteiger partial charge is 0.496 e. The lowest BCUT2D eigenvalue weighted by Gasteiger charge is -2.19. The molecule has 0 aliphatic carbocycles. The fourth-order valence-electron chi connectivity index (χ4n) is 9.44. The summed E-state index contributed by atoms with van der Waals surface area (Å²) in [5, 5.41) is 0.694. The zero-order chi connectivity index (χ0) is 53.4. The number of nitrogens with zero attached hydrogens (tertiary/aromatic N) is 6. The molecule has 1 aromatic heterocycles. The van der Waals surface area contributed by atoms with Gasteiger partial charge in [0.1, 0.15) is 5.75 Å². The molecule has 0 radical (unpaired) electrons. The van der Waals surface area contributed by atoms with Gasteiger partial charge in [-0.15, -0.1) is 0 Å². The Bertz CT molecular complexity index is 2820. The van der Waals surface area contributed by atoms with Gasteiger partial charge in [-0.3, -0.25) is 29.0 Å². The summed E-state index contributed by atoms with van der Waals surface area (Å²) in [4.78, 5) is 73.1. The lowest BCUT2D eigenvalue weighted by atomic mass is 10.0. The highest BCUT2D eigenvalue weighted by atomic mass is 35.5. The standard InChI is InChI=1S/C15H21NO.C12H15NO2.C12H15NO.C11H12ClNO.C10H12N2O.2CH4/c1-4-5-6-12-7-8-14-13(9-12)10-16(11(2)3)15(14)17;1-8(2)13-7-10-9(12(13)14)5-4-6-11(10)15-3;1-8(2)13-7-10-5-4-9(3)6-11(10)12(13)14;1-7(2)13-6-9-8(11(13)14)4-3-5-10(9)12;1-7(2)12-6-9-8(10(12)13)4-3-5-11-9;;/h7-9,11H,4-6,10H2,1-3H3;4-6,8H,7H2,1-3H3;4-6,8H,7H2,1-3H3;3-5,7H,6H2,1-2H3;3-5,7H,6H2,1-2H3;2*1H4. The molecule has 0 atom stereocenters. The van der Waals surface area contributed by atoms with Gasteiger partial charge in [0.15, 0.2) is 0 Å². The average molecular weight is 1040 g/mol. The first-order valence-corrected chi connectivity index (χ1v) is 26.2. The third-order valence-electron chi connectivity index (χ3n) is 13.8. The van der Waals surface area contributed by atoms with Crippen LogP contribution in [0, 0.1) is 6.92 Å². The van der Waals surface area contributed by atoms with Crippen molar-refractivity contribution in [3.63, 3.8) is 0 Å². The Labute approximate surface area is 453 Å². The number of ether oxygens (including phenoxy) is 1. The molecule has 5 aliphatic rings. The first kappa shape index (κ1) is 61.0. The van der Waals surface area contributed by atoms with Gasteiger partial charge in [0, 0.05) is 94.4 Å². The van der Waals surface area contributed by atoms with E-state index < -0.39 is 0 Å². The topological polar surface area (TPSA) is 124 Å². The van der Waals surface area contributed by atoms with Gasteiger partial charge in [-0.05, 0) is 154 Å². The number of rotatable bonds is 9. The van der Waals surface area contributed by atoms with Gasteiger partial charge in [0.05, 0.1) is 31.5 Å². The van der Waals surface area contributed by atoms with Gasteiger partial charge in [-0.25, -0.2) is 0 Å². The summed E-state index contributed by atoms with van der Waals surface area (Å²) in [5.74, 6) is 1.49. The molecule has 0 fully saturated rings. The van der Waals surface area contributed by atoms with Gasteiger partial charge in [0.2, 0.25) is 0 Å². The number of benzene rings is 4. The minimum atomic E-state index is 0. The molecule has 404 valence electrons. The van der Waals surface area contributed by atoms with E-state index in [1.54, 1.807) is 19.4 Å². The maximum absolute atomic E-state index is 12.1. The van der Waals surface area contributed by atoms with Crippen LogP contribution in [0.25, 0.3) is 0 Å². The molecule has 0 bridgehead atoms.